The predicted octanol–water partition coefficient (Wildman–Crippen LogP) is 2.01. The zero-order valence-corrected chi connectivity index (χ0v) is 11.6. The normalized spacial score (nSPS) is 17.2. The van der Waals surface area contributed by atoms with Gasteiger partial charge in [-0.15, -0.1) is 0 Å². The molecule has 3 nitrogen and oxygen atoms in total. The highest BCUT2D eigenvalue weighted by Crippen LogP contribution is 2.35. The summed E-state index contributed by atoms with van der Waals surface area (Å²) in [7, 11) is 0. The van der Waals surface area contributed by atoms with Crippen molar-refractivity contribution in [3.8, 4) is 11.8 Å². The molecule has 0 bridgehead atoms. The third-order valence-corrected chi connectivity index (χ3v) is 3.84. The van der Waals surface area contributed by atoms with Crippen molar-refractivity contribution in [1.82, 2.24) is 4.90 Å². The minimum Gasteiger partial charge on any atom is -0.335 e. The largest absolute Gasteiger partial charge is 0.335 e. The van der Waals surface area contributed by atoms with Crippen molar-refractivity contribution in [2.45, 2.75) is 31.7 Å². The minimum atomic E-state index is 0.163. The smallest absolute Gasteiger partial charge is 0.254 e. The van der Waals surface area contributed by atoms with Crippen molar-refractivity contribution in [3.05, 3.63) is 35.4 Å². The number of hydrogen-bond donors (Lipinski definition) is 1. The number of amides is 1. The molecule has 0 spiro atoms. The first-order valence-electron chi connectivity index (χ1n) is 7.38. The van der Waals surface area contributed by atoms with E-state index in [4.69, 9.17) is 5.73 Å². The molecular weight excluding hydrogens is 248 g/mol. The molecule has 2 aliphatic carbocycles. The van der Waals surface area contributed by atoms with Gasteiger partial charge in [0.2, 0.25) is 0 Å². The van der Waals surface area contributed by atoms with Gasteiger partial charge in [-0.2, -0.15) is 0 Å². The fourth-order valence-electron chi connectivity index (χ4n) is 2.41. The molecule has 2 N–H and O–H groups in total. The molecule has 0 aliphatic heterocycles. The molecule has 3 heteroatoms. The molecule has 0 aromatic heterocycles. The topological polar surface area (TPSA) is 46.3 Å². The molecule has 1 aromatic carbocycles. The minimum absolute atomic E-state index is 0.163. The van der Waals surface area contributed by atoms with E-state index in [9.17, 15) is 4.79 Å². The van der Waals surface area contributed by atoms with E-state index in [2.05, 4.69) is 16.7 Å². The second kappa shape index (κ2) is 5.68. The van der Waals surface area contributed by atoms with Crippen molar-refractivity contribution >= 4 is 5.91 Å². The molecule has 104 valence electrons. The van der Waals surface area contributed by atoms with Crippen LogP contribution in [0.25, 0.3) is 0 Å². The van der Waals surface area contributed by atoms with Crippen molar-refractivity contribution < 1.29 is 4.79 Å². The summed E-state index contributed by atoms with van der Waals surface area (Å²) in [5, 5.41) is 0. The lowest BCUT2D eigenvalue weighted by Crippen LogP contribution is -2.34. The molecule has 1 amide bonds. The molecule has 3 rings (SSSR count). The first-order valence-corrected chi connectivity index (χ1v) is 7.38. The summed E-state index contributed by atoms with van der Waals surface area (Å²) in [6.07, 6.45) is 4.87. The average molecular weight is 268 g/mol. The Morgan fingerprint density at radius 3 is 2.75 bits per heavy atom. The van der Waals surface area contributed by atoms with Gasteiger partial charge in [0.05, 0.1) is 6.54 Å². The molecule has 0 saturated heterocycles. The van der Waals surface area contributed by atoms with Crippen molar-refractivity contribution in [1.29, 1.82) is 0 Å². The molecule has 0 unspecified atom stereocenters. The van der Waals surface area contributed by atoms with E-state index in [0.29, 0.717) is 12.6 Å². The molecule has 0 radical (unpaired) electrons. The summed E-state index contributed by atoms with van der Waals surface area (Å²) in [6, 6.07) is 8.06. The number of rotatable bonds is 4. The Kier molecular flexibility index (Phi) is 3.75. The summed E-state index contributed by atoms with van der Waals surface area (Å²) in [5.74, 6) is 6.72. The SMILES string of the molecule is NCC#Cc1cccc(C(=O)N(CC2CC2)C2CC2)c1. The Bertz CT molecular complexity index is 562. The van der Waals surface area contributed by atoms with Gasteiger partial charge in [-0.3, -0.25) is 4.79 Å². The zero-order valence-electron chi connectivity index (χ0n) is 11.6. The molecule has 0 atom stereocenters. The van der Waals surface area contributed by atoms with E-state index in [1.165, 1.54) is 12.8 Å². The summed E-state index contributed by atoms with van der Waals surface area (Å²) in [6.45, 7) is 1.27. The maximum atomic E-state index is 12.7. The third kappa shape index (κ3) is 3.20. The van der Waals surface area contributed by atoms with Crippen LogP contribution >= 0.6 is 0 Å². The predicted molar refractivity (Wildman–Crippen MR) is 79.2 cm³/mol. The van der Waals surface area contributed by atoms with E-state index in [0.717, 1.165) is 36.4 Å². The maximum absolute atomic E-state index is 12.7. The monoisotopic (exact) mass is 268 g/mol. The van der Waals surface area contributed by atoms with Gasteiger partial charge in [-0.1, -0.05) is 17.9 Å². The molecule has 1 aromatic rings. The van der Waals surface area contributed by atoms with E-state index in [1.807, 2.05) is 24.3 Å². The first kappa shape index (κ1) is 13.2. The van der Waals surface area contributed by atoms with E-state index >= 15 is 0 Å². The lowest BCUT2D eigenvalue weighted by atomic mass is 10.1. The van der Waals surface area contributed by atoms with Gasteiger partial charge in [-0.25, -0.2) is 0 Å². The Hall–Kier alpha value is -1.79. The van der Waals surface area contributed by atoms with Crippen LogP contribution < -0.4 is 5.73 Å². The molecule has 2 saturated carbocycles. The Labute approximate surface area is 120 Å². The summed E-state index contributed by atoms with van der Waals surface area (Å²) in [5.41, 5.74) is 7.00. The highest BCUT2D eigenvalue weighted by Gasteiger charge is 2.36. The van der Waals surface area contributed by atoms with Crippen molar-refractivity contribution in [2.24, 2.45) is 11.7 Å². The first-order chi connectivity index (χ1) is 9.78. The van der Waals surface area contributed by atoms with Crippen LogP contribution in [0.5, 0.6) is 0 Å². The van der Waals surface area contributed by atoms with Crippen molar-refractivity contribution in [3.63, 3.8) is 0 Å². The van der Waals surface area contributed by atoms with Gasteiger partial charge < -0.3 is 10.6 Å². The number of hydrogen-bond acceptors (Lipinski definition) is 2. The van der Waals surface area contributed by atoms with Crippen LogP contribution in [0.4, 0.5) is 0 Å². The van der Waals surface area contributed by atoms with E-state index < -0.39 is 0 Å². The fourth-order valence-corrected chi connectivity index (χ4v) is 2.41. The summed E-state index contributed by atoms with van der Waals surface area (Å²) >= 11 is 0. The van der Waals surface area contributed by atoms with Crippen LogP contribution in [0.1, 0.15) is 41.6 Å². The van der Waals surface area contributed by atoms with Gasteiger partial charge in [0, 0.05) is 23.7 Å². The number of carbonyl (C=O) groups excluding carboxylic acids is 1. The van der Waals surface area contributed by atoms with Gasteiger partial charge in [0.15, 0.2) is 0 Å². The van der Waals surface area contributed by atoms with Gasteiger partial charge in [0.1, 0.15) is 0 Å². The molecule has 0 heterocycles. The van der Waals surface area contributed by atoms with Gasteiger partial charge >= 0.3 is 0 Å². The Balaban J connectivity index is 1.77. The highest BCUT2D eigenvalue weighted by atomic mass is 16.2. The third-order valence-electron chi connectivity index (χ3n) is 3.84. The van der Waals surface area contributed by atoms with Crippen LogP contribution in [-0.2, 0) is 0 Å². The quantitative estimate of drug-likeness (QED) is 0.849. The van der Waals surface area contributed by atoms with Gasteiger partial charge in [0.25, 0.3) is 5.91 Å². The second-order valence-corrected chi connectivity index (χ2v) is 5.72. The van der Waals surface area contributed by atoms with Crippen LogP contribution in [0, 0.1) is 17.8 Å². The van der Waals surface area contributed by atoms with Crippen LogP contribution in [-0.4, -0.2) is 29.9 Å². The standard InChI is InChI=1S/C17H20N2O/c18-10-2-4-13-3-1-5-15(11-13)17(20)19(16-8-9-16)12-14-6-7-14/h1,3,5,11,14,16H,6-10,12,18H2. The molecule has 2 fully saturated rings. The molecule has 20 heavy (non-hydrogen) atoms. The van der Waals surface area contributed by atoms with E-state index in [-0.39, 0.29) is 5.91 Å². The Morgan fingerprint density at radius 2 is 2.10 bits per heavy atom. The number of nitrogens with two attached hydrogens (primary N) is 1. The maximum Gasteiger partial charge on any atom is 0.254 e. The van der Waals surface area contributed by atoms with Gasteiger partial charge in [-0.05, 0) is 49.8 Å². The lowest BCUT2D eigenvalue weighted by molar-refractivity contribution is 0.0735. The molecule has 2 aliphatic rings. The average Bonchev–Trinajstić information content (AvgIpc) is 3.35. The summed E-state index contributed by atoms with van der Waals surface area (Å²) in [4.78, 5) is 14.7. The zero-order chi connectivity index (χ0) is 13.9. The fraction of sp³-hybridized carbons (Fsp3) is 0.471. The second-order valence-electron chi connectivity index (χ2n) is 5.72. The number of benzene rings is 1. The highest BCUT2D eigenvalue weighted by molar-refractivity contribution is 5.95. The lowest BCUT2D eigenvalue weighted by Gasteiger charge is -2.22. The Morgan fingerprint density at radius 1 is 1.30 bits per heavy atom. The van der Waals surface area contributed by atoms with E-state index in [1.54, 1.807) is 0 Å². The summed E-state index contributed by atoms with van der Waals surface area (Å²) < 4.78 is 0. The van der Waals surface area contributed by atoms with Crippen LogP contribution in [0.3, 0.4) is 0 Å². The molecular formula is C17H20N2O. The number of nitrogens with zero attached hydrogens (tertiary/aromatic N) is 1. The van der Waals surface area contributed by atoms with Crippen LogP contribution in [0.15, 0.2) is 24.3 Å². The number of carbonyl (C=O) groups is 1. The van der Waals surface area contributed by atoms with Crippen molar-refractivity contribution in [2.75, 3.05) is 13.1 Å². The van der Waals surface area contributed by atoms with Crippen LogP contribution in [0.2, 0.25) is 0 Å².